The van der Waals surface area contributed by atoms with Crippen LogP contribution in [0.4, 0.5) is 5.69 Å². The second-order valence-electron chi connectivity index (χ2n) is 5.35. The van der Waals surface area contributed by atoms with Crippen LogP contribution >= 0.6 is 0 Å². The van der Waals surface area contributed by atoms with Gasteiger partial charge in [-0.3, -0.25) is 10.6 Å². The van der Waals surface area contributed by atoms with E-state index in [-0.39, 0.29) is 5.91 Å². The Bertz CT molecular complexity index is 455. The van der Waals surface area contributed by atoms with Gasteiger partial charge in [0, 0.05) is 6.54 Å². The van der Waals surface area contributed by atoms with Crippen LogP contribution in [0.5, 0.6) is 0 Å². The first-order valence-electron chi connectivity index (χ1n) is 7.28. The molecule has 4 N–H and O–H groups in total. The summed E-state index contributed by atoms with van der Waals surface area (Å²) in [6, 6.07) is 5.61. The number of nitrogens with zero attached hydrogens (tertiary/aromatic N) is 1. The first kappa shape index (κ1) is 14.8. The number of anilines is 1. The molecular formula is C15H24N4O. The van der Waals surface area contributed by atoms with Gasteiger partial charge in [-0.1, -0.05) is 11.6 Å². The Hall–Kier alpha value is -1.59. The minimum atomic E-state index is -0.0666. The van der Waals surface area contributed by atoms with Crippen LogP contribution in [0.25, 0.3) is 0 Å². The number of rotatable bonds is 6. The number of likely N-dealkylation sites (tertiary alicyclic amines) is 1. The second kappa shape index (κ2) is 7.26. The molecule has 0 aliphatic carbocycles. The van der Waals surface area contributed by atoms with Crippen LogP contribution in [0.1, 0.15) is 35.2 Å². The number of nitrogen functional groups attached to an aromatic ring is 1. The maximum Gasteiger partial charge on any atom is 0.253 e. The zero-order chi connectivity index (χ0) is 14.4. The van der Waals surface area contributed by atoms with Crippen molar-refractivity contribution in [2.75, 3.05) is 31.6 Å². The van der Waals surface area contributed by atoms with E-state index in [1.807, 2.05) is 25.1 Å². The summed E-state index contributed by atoms with van der Waals surface area (Å²) in [4.78, 5) is 14.6. The molecule has 1 aromatic rings. The Morgan fingerprint density at radius 2 is 2.10 bits per heavy atom. The second-order valence-corrected chi connectivity index (χ2v) is 5.35. The highest BCUT2D eigenvalue weighted by Gasteiger charge is 2.12. The van der Waals surface area contributed by atoms with Crippen LogP contribution in [0.2, 0.25) is 0 Å². The van der Waals surface area contributed by atoms with Gasteiger partial charge in [0.15, 0.2) is 0 Å². The molecule has 0 saturated carbocycles. The summed E-state index contributed by atoms with van der Waals surface area (Å²) in [5.74, 6) is 5.37. The summed E-state index contributed by atoms with van der Waals surface area (Å²) in [6.45, 7) is 6.13. The molecule has 1 fully saturated rings. The van der Waals surface area contributed by atoms with Gasteiger partial charge in [-0.15, -0.1) is 0 Å². The fourth-order valence-corrected chi connectivity index (χ4v) is 2.58. The maximum absolute atomic E-state index is 12.2. The van der Waals surface area contributed by atoms with Gasteiger partial charge in [0.1, 0.15) is 0 Å². The standard InChI is InChI=1S/C15H24N4O/c1-12-5-6-14(18-16)13(11-12)15(20)17-7-4-10-19-8-2-3-9-19/h5-6,11,18H,2-4,7-10,16H2,1H3,(H,17,20). The van der Waals surface area contributed by atoms with Gasteiger partial charge in [-0.05, 0) is 58.0 Å². The van der Waals surface area contributed by atoms with Crippen molar-refractivity contribution in [2.45, 2.75) is 26.2 Å². The highest BCUT2D eigenvalue weighted by atomic mass is 16.1. The van der Waals surface area contributed by atoms with E-state index in [9.17, 15) is 4.79 Å². The summed E-state index contributed by atoms with van der Waals surface area (Å²) in [5, 5.41) is 2.96. The van der Waals surface area contributed by atoms with Crippen LogP contribution in [0.3, 0.4) is 0 Å². The van der Waals surface area contributed by atoms with Gasteiger partial charge in [0.05, 0.1) is 11.3 Å². The molecule has 0 spiro atoms. The van der Waals surface area contributed by atoms with E-state index in [0.29, 0.717) is 17.8 Å². The summed E-state index contributed by atoms with van der Waals surface area (Å²) in [7, 11) is 0. The van der Waals surface area contributed by atoms with E-state index in [2.05, 4.69) is 15.6 Å². The van der Waals surface area contributed by atoms with E-state index in [4.69, 9.17) is 5.84 Å². The predicted octanol–water partition coefficient (Wildman–Crippen LogP) is 1.50. The Balaban J connectivity index is 1.80. The SMILES string of the molecule is Cc1ccc(NN)c(C(=O)NCCCN2CCCC2)c1. The van der Waals surface area contributed by atoms with Gasteiger partial charge in [0.2, 0.25) is 0 Å². The zero-order valence-electron chi connectivity index (χ0n) is 12.1. The van der Waals surface area contributed by atoms with Gasteiger partial charge >= 0.3 is 0 Å². The number of amides is 1. The molecule has 1 saturated heterocycles. The van der Waals surface area contributed by atoms with Crippen LogP contribution in [-0.2, 0) is 0 Å². The molecule has 0 atom stereocenters. The normalized spacial score (nSPS) is 15.3. The monoisotopic (exact) mass is 276 g/mol. The van der Waals surface area contributed by atoms with Crippen LogP contribution in [0.15, 0.2) is 18.2 Å². The fourth-order valence-electron chi connectivity index (χ4n) is 2.58. The largest absolute Gasteiger partial charge is 0.352 e. The lowest BCUT2D eigenvalue weighted by Crippen LogP contribution is -2.29. The van der Waals surface area contributed by atoms with E-state index in [1.165, 1.54) is 25.9 Å². The number of hydrogen-bond acceptors (Lipinski definition) is 4. The average molecular weight is 276 g/mol. The van der Waals surface area contributed by atoms with Gasteiger partial charge in [0.25, 0.3) is 5.91 Å². The molecule has 20 heavy (non-hydrogen) atoms. The third kappa shape index (κ3) is 3.95. The Labute approximate surface area is 120 Å². The van der Waals surface area contributed by atoms with Crippen LogP contribution in [0, 0.1) is 6.92 Å². The number of benzene rings is 1. The lowest BCUT2D eigenvalue weighted by Gasteiger charge is -2.15. The molecule has 1 heterocycles. The average Bonchev–Trinajstić information content (AvgIpc) is 2.96. The molecule has 5 heteroatoms. The third-order valence-electron chi connectivity index (χ3n) is 3.71. The Morgan fingerprint density at radius 3 is 2.80 bits per heavy atom. The molecule has 1 amide bonds. The van der Waals surface area contributed by atoms with E-state index in [1.54, 1.807) is 0 Å². The van der Waals surface area contributed by atoms with Crippen molar-refractivity contribution in [3.63, 3.8) is 0 Å². The van der Waals surface area contributed by atoms with E-state index < -0.39 is 0 Å². The van der Waals surface area contributed by atoms with Crippen molar-refractivity contribution in [3.8, 4) is 0 Å². The number of nitrogens with two attached hydrogens (primary N) is 1. The number of carbonyl (C=O) groups is 1. The summed E-state index contributed by atoms with van der Waals surface area (Å²) in [6.07, 6.45) is 3.60. The first-order chi connectivity index (χ1) is 9.70. The van der Waals surface area contributed by atoms with Crippen molar-refractivity contribution in [1.82, 2.24) is 10.2 Å². The molecule has 1 aromatic carbocycles. The predicted molar refractivity (Wildman–Crippen MR) is 81.6 cm³/mol. The molecule has 110 valence electrons. The number of hydrogen-bond donors (Lipinski definition) is 3. The van der Waals surface area contributed by atoms with Crippen molar-refractivity contribution < 1.29 is 4.79 Å². The van der Waals surface area contributed by atoms with E-state index in [0.717, 1.165) is 18.5 Å². The third-order valence-corrected chi connectivity index (χ3v) is 3.71. The number of carbonyl (C=O) groups excluding carboxylic acids is 1. The summed E-state index contributed by atoms with van der Waals surface area (Å²) >= 11 is 0. The minimum Gasteiger partial charge on any atom is -0.352 e. The molecule has 0 bridgehead atoms. The number of hydrazine groups is 1. The van der Waals surface area contributed by atoms with Crippen molar-refractivity contribution in [1.29, 1.82) is 0 Å². The van der Waals surface area contributed by atoms with Gasteiger partial charge in [-0.25, -0.2) is 0 Å². The molecule has 2 rings (SSSR count). The highest BCUT2D eigenvalue weighted by Crippen LogP contribution is 2.16. The first-order valence-corrected chi connectivity index (χ1v) is 7.28. The minimum absolute atomic E-state index is 0.0666. The quantitative estimate of drug-likeness (QED) is 0.418. The summed E-state index contributed by atoms with van der Waals surface area (Å²) < 4.78 is 0. The Kier molecular flexibility index (Phi) is 5.38. The van der Waals surface area contributed by atoms with Crippen molar-refractivity contribution >= 4 is 11.6 Å². The van der Waals surface area contributed by atoms with Crippen molar-refractivity contribution in [2.24, 2.45) is 5.84 Å². The molecule has 1 aliphatic heterocycles. The molecular weight excluding hydrogens is 252 g/mol. The summed E-state index contributed by atoms with van der Waals surface area (Å²) in [5.41, 5.74) is 4.88. The van der Waals surface area contributed by atoms with Crippen molar-refractivity contribution in [3.05, 3.63) is 29.3 Å². The highest BCUT2D eigenvalue weighted by molar-refractivity contribution is 5.99. The molecule has 0 radical (unpaired) electrons. The Morgan fingerprint density at radius 1 is 1.35 bits per heavy atom. The number of aryl methyl sites for hydroxylation is 1. The van der Waals surface area contributed by atoms with Gasteiger partial charge < -0.3 is 15.6 Å². The van der Waals surface area contributed by atoms with Gasteiger partial charge in [-0.2, -0.15) is 0 Å². The molecule has 1 aliphatic rings. The van der Waals surface area contributed by atoms with E-state index >= 15 is 0 Å². The lowest BCUT2D eigenvalue weighted by molar-refractivity contribution is 0.0952. The topological polar surface area (TPSA) is 70.4 Å². The fraction of sp³-hybridized carbons (Fsp3) is 0.533. The molecule has 5 nitrogen and oxygen atoms in total. The smallest absolute Gasteiger partial charge is 0.253 e. The molecule has 0 aromatic heterocycles. The molecule has 0 unspecified atom stereocenters. The van der Waals surface area contributed by atoms with Crippen LogP contribution in [-0.4, -0.2) is 37.0 Å². The maximum atomic E-state index is 12.2. The van der Waals surface area contributed by atoms with Crippen LogP contribution < -0.4 is 16.6 Å². The zero-order valence-corrected chi connectivity index (χ0v) is 12.1. The lowest BCUT2D eigenvalue weighted by atomic mass is 10.1. The number of nitrogens with one attached hydrogen (secondary N) is 2.